The zero-order valence-electron chi connectivity index (χ0n) is 9.61. The highest BCUT2D eigenvalue weighted by Gasteiger charge is 2.11. The van der Waals surface area contributed by atoms with E-state index in [2.05, 4.69) is 29.5 Å². The number of benzene rings is 2. The molecule has 86 valence electrons. The van der Waals surface area contributed by atoms with E-state index in [1.165, 1.54) is 5.56 Å². The van der Waals surface area contributed by atoms with E-state index in [-0.39, 0.29) is 5.78 Å². The molecule has 0 atom stereocenters. The average Bonchev–Trinajstić information content (AvgIpc) is 2.38. The molecule has 0 amide bonds. The van der Waals surface area contributed by atoms with Crippen LogP contribution in [0.3, 0.4) is 0 Å². The SMILES string of the molecule is CCc1cccc(C(=O)c2ccccc2I)c1. The van der Waals surface area contributed by atoms with Gasteiger partial charge in [-0.1, -0.05) is 37.3 Å². The topological polar surface area (TPSA) is 17.1 Å². The molecule has 0 aliphatic rings. The van der Waals surface area contributed by atoms with Crippen molar-refractivity contribution < 1.29 is 4.79 Å². The van der Waals surface area contributed by atoms with Crippen LogP contribution in [0.25, 0.3) is 0 Å². The monoisotopic (exact) mass is 336 g/mol. The highest BCUT2D eigenvalue weighted by molar-refractivity contribution is 14.1. The Labute approximate surface area is 115 Å². The molecule has 0 aromatic heterocycles. The Hall–Kier alpha value is -1.16. The number of hydrogen-bond donors (Lipinski definition) is 0. The van der Waals surface area contributed by atoms with Gasteiger partial charge in [-0.05, 0) is 52.8 Å². The lowest BCUT2D eigenvalue weighted by atomic mass is 10.0. The fourth-order valence-corrected chi connectivity index (χ4v) is 2.37. The van der Waals surface area contributed by atoms with E-state index in [0.29, 0.717) is 0 Å². The average molecular weight is 336 g/mol. The Bertz CT molecular complexity index is 546. The van der Waals surface area contributed by atoms with E-state index in [0.717, 1.165) is 21.1 Å². The Morgan fingerprint density at radius 2 is 1.88 bits per heavy atom. The highest BCUT2D eigenvalue weighted by atomic mass is 127. The van der Waals surface area contributed by atoms with Gasteiger partial charge in [0.25, 0.3) is 0 Å². The van der Waals surface area contributed by atoms with Gasteiger partial charge in [-0.2, -0.15) is 0 Å². The van der Waals surface area contributed by atoms with E-state index in [4.69, 9.17) is 0 Å². The van der Waals surface area contributed by atoms with Gasteiger partial charge in [0.05, 0.1) is 0 Å². The van der Waals surface area contributed by atoms with Gasteiger partial charge in [-0.3, -0.25) is 4.79 Å². The Kier molecular flexibility index (Phi) is 3.94. The van der Waals surface area contributed by atoms with E-state index in [9.17, 15) is 4.79 Å². The first-order valence-corrected chi connectivity index (χ1v) is 6.68. The zero-order valence-corrected chi connectivity index (χ0v) is 11.8. The van der Waals surface area contributed by atoms with Crippen molar-refractivity contribution in [1.29, 1.82) is 0 Å². The number of carbonyl (C=O) groups is 1. The molecular formula is C15H13IO. The third-order valence-corrected chi connectivity index (χ3v) is 3.66. The lowest BCUT2D eigenvalue weighted by Gasteiger charge is -2.05. The molecule has 0 bridgehead atoms. The smallest absolute Gasteiger partial charge is 0.194 e. The minimum atomic E-state index is 0.102. The molecule has 0 heterocycles. The maximum atomic E-state index is 12.3. The molecule has 0 saturated carbocycles. The summed E-state index contributed by atoms with van der Waals surface area (Å²) in [6, 6.07) is 15.5. The van der Waals surface area contributed by atoms with Crippen molar-refractivity contribution in [3.8, 4) is 0 Å². The number of aryl methyl sites for hydroxylation is 1. The first-order chi connectivity index (χ1) is 8.22. The highest BCUT2D eigenvalue weighted by Crippen LogP contribution is 2.17. The van der Waals surface area contributed by atoms with Crippen LogP contribution in [-0.4, -0.2) is 5.78 Å². The molecule has 0 saturated heterocycles. The minimum Gasteiger partial charge on any atom is -0.289 e. The van der Waals surface area contributed by atoms with Gasteiger partial charge >= 0.3 is 0 Å². The molecule has 0 N–H and O–H groups in total. The summed E-state index contributed by atoms with van der Waals surface area (Å²) in [7, 11) is 0. The summed E-state index contributed by atoms with van der Waals surface area (Å²) in [5, 5.41) is 0. The van der Waals surface area contributed by atoms with Crippen LogP contribution >= 0.6 is 22.6 Å². The molecule has 2 heteroatoms. The second kappa shape index (κ2) is 5.45. The first kappa shape index (κ1) is 12.3. The second-order valence-electron chi connectivity index (χ2n) is 3.86. The molecule has 1 nitrogen and oxygen atoms in total. The molecular weight excluding hydrogens is 323 g/mol. The lowest BCUT2D eigenvalue weighted by Crippen LogP contribution is -2.03. The standard InChI is InChI=1S/C15H13IO/c1-2-11-6-5-7-12(10-11)15(17)13-8-3-4-9-14(13)16/h3-10H,2H2,1H3. The lowest BCUT2D eigenvalue weighted by molar-refractivity contribution is 0.103. The Morgan fingerprint density at radius 1 is 1.12 bits per heavy atom. The van der Waals surface area contributed by atoms with Gasteiger partial charge in [0.1, 0.15) is 0 Å². The predicted molar refractivity (Wildman–Crippen MR) is 78.4 cm³/mol. The van der Waals surface area contributed by atoms with Gasteiger partial charge in [0, 0.05) is 14.7 Å². The van der Waals surface area contributed by atoms with Crippen LogP contribution in [0.2, 0.25) is 0 Å². The maximum absolute atomic E-state index is 12.3. The van der Waals surface area contributed by atoms with Crippen LogP contribution in [0.4, 0.5) is 0 Å². The third kappa shape index (κ3) is 2.75. The molecule has 17 heavy (non-hydrogen) atoms. The van der Waals surface area contributed by atoms with Gasteiger partial charge in [0.15, 0.2) is 5.78 Å². The van der Waals surface area contributed by atoms with Gasteiger partial charge in [0.2, 0.25) is 0 Å². The number of ketones is 1. The van der Waals surface area contributed by atoms with Crippen LogP contribution in [0.5, 0.6) is 0 Å². The summed E-state index contributed by atoms with van der Waals surface area (Å²) in [5.41, 5.74) is 2.75. The van der Waals surface area contributed by atoms with E-state index in [1.807, 2.05) is 48.5 Å². The molecule has 0 spiro atoms. The third-order valence-electron chi connectivity index (χ3n) is 2.72. The van der Waals surface area contributed by atoms with Gasteiger partial charge in [-0.25, -0.2) is 0 Å². The van der Waals surface area contributed by atoms with Crippen LogP contribution in [-0.2, 0) is 6.42 Å². The summed E-state index contributed by atoms with van der Waals surface area (Å²) in [6.45, 7) is 2.09. The number of halogens is 1. The van der Waals surface area contributed by atoms with E-state index in [1.54, 1.807) is 0 Å². The molecule has 0 aliphatic carbocycles. The van der Waals surface area contributed by atoms with E-state index >= 15 is 0 Å². The molecule has 0 aliphatic heterocycles. The number of carbonyl (C=O) groups excluding carboxylic acids is 1. The van der Waals surface area contributed by atoms with Crippen molar-refractivity contribution in [2.24, 2.45) is 0 Å². The van der Waals surface area contributed by atoms with Crippen LogP contribution in [0.1, 0.15) is 28.4 Å². The van der Waals surface area contributed by atoms with Crippen molar-refractivity contribution >= 4 is 28.4 Å². The van der Waals surface area contributed by atoms with Crippen LogP contribution < -0.4 is 0 Å². The largest absolute Gasteiger partial charge is 0.289 e. The normalized spacial score (nSPS) is 10.2. The quantitative estimate of drug-likeness (QED) is 0.610. The minimum absolute atomic E-state index is 0.102. The van der Waals surface area contributed by atoms with Gasteiger partial charge < -0.3 is 0 Å². The Morgan fingerprint density at radius 3 is 2.59 bits per heavy atom. The summed E-state index contributed by atoms with van der Waals surface area (Å²) in [6.07, 6.45) is 0.951. The summed E-state index contributed by atoms with van der Waals surface area (Å²) < 4.78 is 0.997. The van der Waals surface area contributed by atoms with Crippen molar-refractivity contribution in [2.45, 2.75) is 13.3 Å². The second-order valence-corrected chi connectivity index (χ2v) is 5.03. The van der Waals surface area contributed by atoms with Crippen molar-refractivity contribution in [2.75, 3.05) is 0 Å². The summed E-state index contributed by atoms with van der Waals surface area (Å²) in [4.78, 5) is 12.3. The first-order valence-electron chi connectivity index (χ1n) is 5.60. The fraction of sp³-hybridized carbons (Fsp3) is 0.133. The molecule has 0 unspecified atom stereocenters. The number of rotatable bonds is 3. The molecule has 2 rings (SSSR count). The van der Waals surface area contributed by atoms with Crippen molar-refractivity contribution in [3.05, 3.63) is 68.8 Å². The summed E-state index contributed by atoms with van der Waals surface area (Å²) in [5.74, 6) is 0.102. The zero-order chi connectivity index (χ0) is 12.3. The molecule has 0 radical (unpaired) electrons. The molecule has 0 fully saturated rings. The van der Waals surface area contributed by atoms with Gasteiger partial charge in [-0.15, -0.1) is 0 Å². The van der Waals surface area contributed by atoms with Crippen molar-refractivity contribution in [3.63, 3.8) is 0 Å². The molecule has 2 aromatic carbocycles. The molecule has 2 aromatic rings. The van der Waals surface area contributed by atoms with E-state index < -0.39 is 0 Å². The fourth-order valence-electron chi connectivity index (χ4n) is 1.73. The summed E-state index contributed by atoms with van der Waals surface area (Å²) >= 11 is 2.20. The maximum Gasteiger partial charge on any atom is 0.194 e. The van der Waals surface area contributed by atoms with Crippen LogP contribution in [0.15, 0.2) is 48.5 Å². The van der Waals surface area contributed by atoms with Crippen molar-refractivity contribution in [1.82, 2.24) is 0 Å². The Balaban J connectivity index is 2.40. The van der Waals surface area contributed by atoms with Crippen LogP contribution in [0, 0.1) is 3.57 Å². The number of hydrogen-bond acceptors (Lipinski definition) is 1. The predicted octanol–water partition coefficient (Wildman–Crippen LogP) is 4.08.